The van der Waals surface area contributed by atoms with Crippen LogP contribution in [0.1, 0.15) is 59.6 Å². The van der Waals surface area contributed by atoms with Crippen molar-refractivity contribution in [3.63, 3.8) is 0 Å². The van der Waals surface area contributed by atoms with E-state index >= 15 is 0 Å². The van der Waals surface area contributed by atoms with Gasteiger partial charge in [-0.3, -0.25) is 4.57 Å². The van der Waals surface area contributed by atoms with E-state index in [1.54, 1.807) is 4.57 Å². The molecule has 0 amide bonds. The van der Waals surface area contributed by atoms with Crippen LogP contribution in [-0.2, 0) is 4.74 Å². The number of aliphatic hydroxyl groups is 3. The Labute approximate surface area is 176 Å². The van der Waals surface area contributed by atoms with E-state index in [1.165, 1.54) is 31.9 Å². The normalized spacial score (nSPS) is 28.1. The van der Waals surface area contributed by atoms with Gasteiger partial charge in [-0.1, -0.05) is 20.3 Å². The van der Waals surface area contributed by atoms with E-state index in [1.807, 2.05) is 0 Å². The van der Waals surface area contributed by atoms with Gasteiger partial charge in [0.2, 0.25) is 0 Å². The largest absolute Gasteiger partial charge is 0.394 e. The molecular weight excluding hydrogens is 386 g/mol. The lowest BCUT2D eigenvalue weighted by Crippen LogP contribution is -2.41. The third-order valence-corrected chi connectivity index (χ3v) is 6.71. The van der Waals surface area contributed by atoms with Crippen molar-refractivity contribution in [1.29, 1.82) is 0 Å². The first kappa shape index (κ1) is 21.4. The molecule has 3 heterocycles. The molecule has 0 bridgehead atoms. The standard InChI is InChI=1S/C21H33N5O4/c1-20(2,12-6-5-7-12)9-21(3,4)25-17-14-18(23-10-22-17)26(11-24-14)19-16(29)15(28)13(8-27)30-19/h10-13,15-16,19,27-29H,5-9H2,1-4H3,(H,22,23,25). The number of fused-ring (bicyclic) bond motifs is 1. The number of anilines is 1. The van der Waals surface area contributed by atoms with Crippen LogP contribution in [-0.4, -0.2) is 65.3 Å². The fourth-order valence-corrected chi connectivity index (χ4v) is 5.08. The summed E-state index contributed by atoms with van der Waals surface area (Å²) in [4.78, 5) is 13.2. The van der Waals surface area contributed by atoms with Crippen molar-refractivity contribution < 1.29 is 20.1 Å². The lowest BCUT2D eigenvalue weighted by atomic mass is 9.63. The fourth-order valence-electron chi connectivity index (χ4n) is 5.08. The number of aromatic nitrogens is 4. The maximum atomic E-state index is 10.4. The Hall–Kier alpha value is -1.81. The highest BCUT2D eigenvalue weighted by molar-refractivity contribution is 5.83. The zero-order chi connectivity index (χ0) is 21.7. The van der Waals surface area contributed by atoms with Gasteiger partial charge in [-0.05, 0) is 44.4 Å². The monoisotopic (exact) mass is 419 g/mol. The Morgan fingerprint density at radius 1 is 1.13 bits per heavy atom. The summed E-state index contributed by atoms with van der Waals surface area (Å²) in [6.45, 7) is 8.64. The second-order valence-corrected chi connectivity index (χ2v) is 10.1. The maximum absolute atomic E-state index is 10.4. The number of imidazole rings is 1. The zero-order valence-electron chi connectivity index (χ0n) is 18.1. The smallest absolute Gasteiger partial charge is 0.167 e. The summed E-state index contributed by atoms with van der Waals surface area (Å²) in [5.74, 6) is 1.38. The summed E-state index contributed by atoms with van der Waals surface area (Å²) in [7, 11) is 0. The van der Waals surface area contributed by atoms with Crippen molar-refractivity contribution in [2.45, 2.75) is 83.5 Å². The Morgan fingerprint density at radius 2 is 1.87 bits per heavy atom. The summed E-state index contributed by atoms with van der Waals surface area (Å²) < 4.78 is 7.21. The van der Waals surface area contributed by atoms with Gasteiger partial charge < -0.3 is 25.4 Å². The van der Waals surface area contributed by atoms with Crippen molar-refractivity contribution in [2.24, 2.45) is 11.3 Å². The quantitative estimate of drug-likeness (QED) is 0.536. The second-order valence-electron chi connectivity index (χ2n) is 10.1. The van der Waals surface area contributed by atoms with Crippen LogP contribution in [0.15, 0.2) is 12.7 Å². The SMILES string of the molecule is CC(C)(CC(C)(C)C1CCC1)Nc1ncnc2c1ncn2C1OC(CO)C(O)C1O. The molecule has 0 aromatic carbocycles. The lowest BCUT2D eigenvalue weighted by molar-refractivity contribution is -0.0511. The highest BCUT2D eigenvalue weighted by Gasteiger charge is 2.44. The van der Waals surface area contributed by atoms with Gasteiger partial charge in [-0.2, -0.15) is 0 Å². The minimum atomic E-state index is -1.19. The minimum Gasteiger partial charge on any atom is -0.394 e. The lowest BCUT2D eigenvalue weighted by Gasteiger charge is -2.45. The first-order valence-corrected chi connectivity index (χ1v) is 10.7. The summed E-state index contributed by atoms with van der Waals surface area (Å²) in [6, 6.07) is 0. The van der Waals surface area contributed by atoms with E-state index in [0.29, 0.717) is 17.0 Å². The third-order valence-electron chi connectivity index (χ3n) is 6.71. The van der Waals surface area contributed by atoms with E-state index in [4.69, 9.17) is 4.74 Å². The molecule has 4 atom stereocenters. The molecule has 4 N–H and O–H groups in total. The molecule has 1 aliphatic heterocycles. The molecule has 1 saturated heterocycles. The molecule has 9 nitrogen and oxygen atoms in total. The molecule has 4 rings (SSSR count). The molecule has 2 fully saturated rings. The number of nitrogens with zero attached hydrogens (tertiary/aromatic N) is 4. The molecule has 0 radical (unpaired) electrons. The van der Waals surface area contributed by atoms with Crippen molar-refractivity contribution in [3.8, 4) is 0 Å². The van der Waals surface area contributed by atoms with Crippen LogP contribution in [0.25, 0.3) is 11.2 Å². The molecule has 0 spiro atoms. The van der Waals surface area contributed by atoms with Gasteiger partial charge in [0.15, 0.2) is 23.2 Å². The molecule has 30 heavy (non-hydrogen) atoms. The third kappa shape index (κ3) is 3.79. The number of hydrogen-bond acceptors (Lipinski definition) is 8. The zero-order valence-corrected chi connectivity index (χ0v) is 18.1. The number of ether oxygens (including phenoxy) is 1. The van der Waals surface area contributed by atoms with Crippen LogP contribution in [0.3, 0.4) is 0 Å². The van der Waals surface area contributed by atoms with Crippen molar-refractivity contribution in [2.75, 3.05) is 11.9 Å². The van der Waals surface area contributed by atoms with Crippen LogP contribution in [0.2, 0.25) is 0 Å². The van der Waals surface area contributed by atoms with Gasteiger partial charge in [0.1, 0.15) is 24.6 Å². The molecule has 166 valence electrons. The minimum absolute atomic E-state index is 0.203. The summed E-state index contributed by atoms with van der Waals surface area (Å²) in [5.41, 5.74) is 1.10. The number of rotatable bonds is 7. The Balaban J connectivity index is 1.58. The van der Waals surface area contributed by atoms with Crippen LogP contribution >= 0.6 is 0 Å². The molecule has 2 aromatic heterocycles. The summed E-state index contributed by atoms with van der Waals surface area (Å²) >= 11 is 0. The van der Waals surface area contributed by atoms with Crippen molar-refractivity contribution >= 4 is 17.0 Å². The van der Waals surface area contributed by atoms with Crippen LogP contribution in [0, 0.1) is 11.3 Å². The topological polar surface area (TPSA) is 126 Å². The number of nitrogens with one attached hydrogen (secondary N) is 1. The average Bonchev–Trinajstić information content (AvgIpc) is 3.14. The van der Waals surface area contributed by atoms with Crippen molar-refractivity contribution in [3.05, 3.63) is 12.7 Å². The average molecular weight is 420 g/mol. The van der Waals surface area contributed by atoms with Crippen LogP contribution < -0.4 is 5.32 Å². The van der Waals surface area contributed by atoms with E-state index < -0.39 is 24.5 Å². The maximum Gasteiger partial charge on any atom is 0.167 e. The highest BCUT2D eigenvalue weighted by Crippen LogP contribution is 2.46. The van der Waals surface area contributed by atoms with Gasteiger partial charge in [-0.15, -0.1) is 0 Å². The molecular formula is C21H33N5O4. The van der Waals surface area contributed by atoms with E-state index in [9.17, 15) is 15.3 Å². The Bertz CT molecular complexity index is 895. The van der Waals surface area contributed by atoms with E-state index in [-0.39, 0.29) is 17.6 Å². The molecule has 1 aliphatic carbocycles. The van der Waals surface area contributed by atoms with Crippen LogP contribution in [0.4, 0.5) is 5.82 Å². The van der Waals surface area contributed by atoms with E-state index in [0.717, 1.165) is 12.3 Å². The first-order chi connectivity index (χ1) is 14.1. The predicted molar refractivity (Wildman–Crippen MR) is 112 cm³/mol. The molecule has 1 saturated carbocycles. The van der Waals surface area contributed by atoms with Crippen molar-refractivity contribution in [1.82, 2.24) is 19.5 Å². The number of hydrogen-bond donors (Lipinski definition) is 4. The predicted octanol–water partition coefficient (Wildman–Crippen LogP) is 1.84. The Morgan fingerprint density at radius 3 is 2.47 bits per heavy atom. The molecule has 2 aliphatic rings. The Kier molecular flexibility index (Phi) is 5.50. The first-order valence-electron chi connectivity index (χ1n) is 10.7. The second kappa shape index (κ2) is 7.71. The van der Waals surface area contributed by atoms with Gasteiger partial charge in [0.05, 0.1) is 12.9 Å². The van der Waals surface area contributed by atoms with Gasteiger partial charge in [-0.25, -0.2) is 15.0 Å². The summed E-state index contributed by atoms with van der Waals surface area (Å²) in [5, 5.41) is 33.3. The van der Waals surface area contributed by atoms with E-state index in [2.05, 4.69) is 48.0 Å². The van der Waals surface area contributed by atoms with Gasteiger partial charge in [0.25, 0.3) is 0 Å². The molecule has 9 heteroatoms. The summed E-state index contributed by atoms with van der Waals surface area (Å²) in [6.07, 6.45) is 3.80. The van der Waals surface area contributed by atoms with Gasteiger partial charge in [0, 0.05) is 5.54 Å². The number of aliphatic hydroxyl groups excluding tert-OH is 3. The van der Waals surface area contributed by atoms with Crippen LogP contribution in [0.5, 0.6) is 0 Å². The molecule has 4 unspecified atom stereocenters. The fraction of sp³-hybridized carbons (Fsp3) is 0.762. The molecule has 2 aromatic rings. The van der Waals surface area contributed by atoms with Gasteiger partial charge >= 0.3 is 0 Å². The highest BCUT2D eigenvalue weighted by atomic mass is 16.6.